The quantitative estimate of drug-likeness (QED) is 0.654. The Bertz CT molecular complexity index is 727. The van der Waals surface area contributed by atoms with Crippen LogP contribution in [0.15, 0.2) is 16.3 Å². The third kappa shape index (κ3) is 3.12. The van der Waals surface area contributed by atoms with Gasteiger partial charge in [-0.25, -0.2) is 9.59 Å². The number of hydrogen-bond acceptors (Lipinski definition) is 6. The third-order valence-corrected chi connectivity index (χ3v) is 6.25. The molecule has 9 nitrogen and oxygen atoms in total. The number of alkyl carbamates (subject to hydrolysis) is 1. The molecule has 0 saturated carbocycles. The van der Waals surface area contributed by atoms with E-state index in [1.54, 1.807) is 11.9 Å². The second-order valence-electron chi connectivity index (χ2n) is 8.30. The van der Waals surface area contributed by atoms with Gasteiger partial charge >= 0.3 is 12.1 Å². The maximum absolute atomic E-state index is 12.6. The number of halogens is 1. The van der Waals surface area contributed by atoms with E-state index in [2.05, 4.69) is 15.2 Å². The van der Waals surface area contributed by atoms with E-state index < -0.39 is 6.09 Å². The first-order valence-corrected chi connectivity index (χ1v) is 9.42. The van der Waals surface area contributed by atoms with Gasteiger partial charge in [0.2, 0.25) is 0 Å². The molecule has 3 amide bonds. The number of nitrogens with zero attached hydrogens (tertiary/aromatic N) is 4. The van der Waals surface area contributed by atoms with E-state index in [-0.39, 0.29) is 17.0 Å². The molecule has 148 valence electrons. The number of likely N-dealkylation sites (tertiary alicyclic amines) is 3. The Morgan fingerprint density at radius 3 is 2.41 bits per heavy atom. The predicted octanol–water partition coefficient (Wildman–Crippen LogP) is 0.0180. The number of cyclic esters (lactones) is 1. The van der Waals surface area contributed by atoms with Gasteiger partial charge < -0.3 is 25.6 Å². The molecule has 4 saturated heterocycles. The summed E-state index contributed by atoms with van der Waals surface area (Å²) in [5, 5.41) is 3.25. The van der Waals surface area contributed by atoms with Crippen molar-refractivity contribution in [2.75, 3.05) is 59.5 Å². The van der Waals surface area contributed by atoms with Crippen molar-refractivity contribution in [1.82, 2.24) is 20.0 Å². The van der Waals surface area contributed by atoms with Crippen molar-refractivity contribution < 1.29 is 14.3 Å². The molecule has 0 atom stereocenters. The number of nitrogens with two attached hydrogens (primary N) is 1. The number of nitrogens with one attached hydrogen (secondary N) is 1. The zero-order chi connectivity index (χ0) is 19.4. The molecule has 4 fully saturated rings. The van der Waals surface area contributed by atoms with Crippen LogP contribution in [0.4, 0.5) is 9.59 Å². The first kappa shape index (κ1) is 18.4. The highest BCUT2D eigenvalue weighted by atomic mass is 35.5. The van der Waals surface area contributed by atoms with Crippen LogP contribution >= 0.6 is 11.6 Å². The summed E-state index contributed by atoms with van der Waals surface area (Å²) in [7, 11) is 1.65. The number of ether oxygens (including phenoxy) is 1. The number of carbonyl (C=O) groups excluding carboxylic acids is 2. The van der Waals surface area contributed by atoms with Gasteiger partial charge in [-0.05, 0) is 6.92 Å². The van der Waals surface area contributed by atoms with Crippen molar-refractivity contribution in [2.45, 2.75) is 12.5 Å². The van der Waals surface area contributed by atoms with Gasteiger partial charge in [0.15, 0.2) is 0 Å². The summed E-state index contributed by atoms with van der Waals surface area (Å²) in [6.45, 7) is 7.29. The third-order valence-electron chi connectivity index (χ3n) is 5.85. The standard InChI is InChI=1S/C17H25ClN6O3/c1-11(19)12(13(18)20-2)3-22-4-16(5-22)6-23(7-16)15(26)24-8-17(9-24)10-27-14(25)21-17/h3-10,19H2,1-2H3,(H,21,25)/b12-11-,20-13?. The topological polar surface area (TPSA) is 103 Å². The largest absolute Gasteiger partial charge is 0.447 e. The zero-order valence-electron chi connectivity index (χ0n) is 15.6. The highest BCUT2D eigenvalue weighted by molar-refractivity contribution is 6.69. The molecule has 4 aliphatic heterocycles. The monoisotopic (exact) mass is 396 g/mol. The second kappa shape index (κ2) is 6.27. The molecule has 3 N–H and O–H groups in total. The van der Waals surface area contributed by atoms with Crippen LogP contribution in [0.2, 0.25) is 0 Å². The van der Waals surface area contributed by atoms with E-state index in [0.29, 0.717) is 37.1 Å². The Kier molecular flexibility index (Phi) is 4.27. The van der Waals surface area contributed by atoms with Gasteiger partial charge in [0.25, 0.3) is 0 Å². The lowest BCUT2D eigenvalue weighted by atomic mass is 9.72. The lowest BCUT2D eigenvalue weighted by Crippen LogP contribution is -2.77. The Balaban J connectivity index is 1.23. The van der Waals surface area contributed by atoms with Crippen molar-refractivity contribution in [3.05, 3.63) is 11.3 Å². The fraction of sp³-hybridized carbons (Fsp3) is 0.706. The SMILES string of the molecule is CN=C(Cl)/C(CN1CC2(C1)CN(C(=O)N1CC3(COC(=O)N3)C1)C2)=C(/C)N. The van der Waals surface area contributed by atoms with Crippen molar-refractivity contribution in [3.8, 4) is 0 Å². The van der Waals surface area contributed by atoms with E-state index in [4.69, 9.17) is 22.1 Å². The summed E-state index contributed by atoms with van der Waals surface area (Å²) in [6.07, 6.45) is -0.395. The van der Waals surface area contributed by atoms with Gasteiger partial charge in [0.05, 0.1) is 13.1 Å². The van der Waals surface area contributed by atoms with E-state index in [9.17, 15) is 9.59 Å². The summed E-state index contributed by atoms with van der Waals surface area (Å²) < 4.78 is 4.95. The number of urea groups is 1. The van der Waals surface area contributed by atoms with Gasteiger partial charge in [0.1, 0.15) is 17.3 Å². The minimum absolute atomic E-state index is 0.0467. The summed E-state index contributed by atoms with van der Waals surface area (Å²) in [5.41, 5.74) is 7.30. The predicted molar refractivity (Wildman–Crippen MR) is 101 cm³/mol. The van der Waals surface area contributed by atoms with E-state index in [1.165, 1.54) is 0 Å². The van der Waals surface area contributed by atoms with Crippen LogP contribution in [0.1, 0.15) is 6.92 Å². The van der Waals surface area contributed by atoms with Crippen LogP contribution in [-0.4, -0.2) is 97.0 Å². The number of hydrogen-bond donors (Lipinski definition) is 2. The summed E-state index contributed by atoms with van der Waals surface area (Å²) in [4.78, 5) is 33.7. The molecule has 4 rings (SSSR count). The van der Waals surface area contributed by atoms with Crippen LogP contribution < -0.4 is 11.1 Å². The van der Waals surface area contributed by atoms with Crippen LogP contribution in [0, 0.1) is 5.41 Å². The summed E-state index contributed by atoms with van der Waals surface area (Å²) in [6, 6.07) is 0.0467. The molecule has 0 radical (unpaired) electrons. The maximum atomic E-state index is 12.6. The van der Waals surface area contributed by atoms with Crippen LogP contribution in [0.25, 0.3) is 0 Å². The van der Waals surface area contributed by atoms with Crippen LogP contribution in [0.3, 0.4) is 0 Å². The molecule has 4 aliphatic rings. The van der Waals surface area contributed by atoms with Crippen LogP contribution in [0.5, 0.6) is 0 Å². The Hall–Kier alpha value is -2.00. The van der Waals surface area contributed by atoms with Crippen molar-refractivity contribution in [2.24, 2.45) is 16.1 Å². The Morgan fingerprint density at radius 1 is 1.26 bits per heavy atom. The number of amides is 3. The van der Waals surface area contributed by atoms with Gasteiger partial charge in [-0.3, -0.25) is 9.89 Å². The number of allylic oxidation sites excluding steroid dienone is 1. The molecule has 2 spiro atoms. The van der Waals surface area contributed by atoms with Gasteiger partial charge in [0, 0.05) is 56.5 Å². The molecule has 0 aromatic carbocycles. The van der Waals surface area contributed by atoms with Gasteiger partial charge in [-0.15, -0.1) is 0 Å². The molecule has 0 aliphatic carbocycles. The highest BCUT2D eigenvalue weighted by Crippen LogP contribution is 2.41. The first-order chi connectivity index (χ1) is 12.7. The fourth-order valence-corrected chi connectivity index (χ4v) is 4.72. The average Bonchev–Trinajstić information content (AvgIpc) is 2.91. The molecular formula is C17H25ClN6O3. The molecule has 4 heterocycles. The maximum Gasteiger partial charge on any atom is 0.407 e. The highest BCUT2D eigenvalue weighted by Gasteiger charge is 2.57. The van der Waals surface area contributed by atoms with E-state index in [1.807, 2.05) is 11.8 Å². The van der Waals surface area contributed by atoms with Crippen molar-refractivity contribution >= 4 is 28.9 Å². The van der Waals surface area contributed by atoms with E-state index >= 15 is 0 Å². The van der Waals surface area contributed by atoms with Crippen molar-refractivity contribution in [3.63, 3.8) is 0 Å². The second-order valence-corrected chi connectivity index (χ2v) is 8.66. The number of aliphatic imine (C=N–C) groups is 1. The minimum atomic E-state index is -0.395. The summed E-state index contributed by atoms with van der Waals surface area (Å²) in [5.74, 6) is 0. The van der Waals surface area contributed by atoms with Gasteiger partial charge in [-0.2, -0.15) is 0 Å². The minimum Gasteiger partial charge on any atom is -0.447 e. The fourth-order valence-electron chi connectivity index (χ4n) is 4.51. The lowest BCUT2D eigenvalue weighted by Gasteiger charge is -2.61. The molecule has 27 heavy (non-hydrogen) atoms. The average molecular weight is 397 g/mol. The number of carbonyl (C=O) groups is 2. The molecule has 10 heteroatoms. The smallest absolute Gasteiger partial charge is 0.407 e. The lowest BCUT2D eigenvalue weighted by molar-refractivity contribution is -0.0992. The summed E-state index contributed by atoms with van der Waals surface area (Å²) >= 11 is 6.14. The molecule has 0 unspecified atom stereocenters. The molecule has 0 aromatic rings. The molecule has 0 aromatic heterocycles. The molecular weight excluding hydrogens is 372 g/mol. The Morgan fingerprint density at radius 2 is 1.89 bits per heavy atom. The first-order valence-electron chi connectivity index (χ1n) is 9.04. The normalized spacial score (nSPS) is 26.8. The van der Waals surface area contributed by atoms with Crippen LogP contribution in [-0.2, 0) is 4.74 Å². The Labute approximate surface area is 163 Å². The zero-order valence-corrected chi connectivity index (χ0v) is 16.4. The molecule has 0 bridgehead atoms. The number of rotatable bonds is 3. The van der Waals surface area contributed by atoms with Crippen molar-refractivity contribution in [1.29, 1.82) is 0 Å². The van der Waals surface area contributed by atoms with Gasteiger partial charge in [-0.1, -0.05) is 11.6 Å². The van der Waals surface area contributed by atoms with E-state index in [0.717, 1.165) is 31.8 Å².